The molecule has 0 bridgehead atoms. The average Bonchev–Trinajstić information content (AvgIpc) is 3.10. The van der Waals surface area contributed by atoms with Crippen LogP contribution in [-0.2, 0) is 11.3 Å². The van der Waals surface area contributed by atoms with E-state index in [9.17, 15) is 5.11 Å². The van der Waals surface area contributed by atoms with Crippen molar-refractivity contribution in [3.05, 3.63) is 18.0 Å². The fraction of sp³-hybridized carbons (Fsp3) is 0.812. The molecule has 0 spiro atoms. The van der Waals surface area contributed by atoms with Crippen LogP contribution in [0.5, 0.6) is 0 Å². The van der Waals surface area contributed by atoms with Gasteiger partial charge in [0.2, 0.25) is 0 Å². The molecule has 0 saturated carbocycles. The predicted molar refractivity (Wildman–Crippen MR) is 84.8 cm³/mol. The van der Waals surface area contributed by atoms with E-state index in [-0.39, 0.29) is 6.10 Å². The first kappa shape index (κ1) is 15.9. The molecule has 2 fully saturated rings. The zero-order chi connectivity index (χ0) is 15.4. The van der Waals surface area contributed by atoms with Crippen LogP contribution in [0.1, 0.15) is 18.4 Å². The van der Waals surface area contributed by atoms with Crippen molar-refractivity contribution in [2.24, 2.45) is 0 Å². The Morgan fingerprint density at radius 2 is 2.14 bits per heavy atom. The van der Waals surface area contributed by atoms with Crippen LogP contribution >= 0.6 is 0 Å². The fourth-order valence-electron chi connectivity index (χ4n) is 3.54. The molecule has 2 aliphatic rings. The molecule has 0 aromatic carbocycles. The Hall–Kier alpha value is -0.950. The van der Waals surface area contributed by atoms with E-state index in [1.165, 1.54) is 18.4 Å². The highest BCUT2D eigenvalue weighted by atomic mass is 16.5. The normalized spacial score (nSPS) is 25.6. The molecule has 1 N–H and O–H groups in total. The number of ether oxygens (including phenoxy) is 1. The van der Waals surface area contributed by atoms with E-state index in [4.69, 9.17) is 4.74 Å². The molecule has 3 rings (SSSR count). The smallest absolute Gasteiger partial charge is 0.0793 e. The van der Waals surface area contributed by atoms with Crippen molar-refractivity contribution in [3.63, 3.8) is 0 Å². The number of β-amino-alcohol motifs (C(OH)–C–C–N with tert-alkyl or cyclic N) is 1. The second-order valence-corrected chi connectivity index (χ2v) is 6.60. The molecule has 22 heavy (non-hydrogen) atoms. The molecular formula is C16H28N4O2. The van der Waals surface area contributed by atoms with Gasteiger partial charge < -0.3 is 9.84 Å². The molecule has 0 radical (unpaired) electrons. The lowest BCUT2D eigenvalue weighted by atomic mass is 10.2. The first-order valence-corrected chi connectivity index (χ1v) is 8.42. The van der Waals surface area contributed by atoms with E-state index in [0.717, 1.165) is 52.5 Å². The number of likely N-dealkylation sites (tertiary alicyclic amines) is 1. The van der Waals surface area contributed by atoms with Crippen LogP contribution in [0, 0.1) is 6.92 Å². The van der Waals surface area contributed by atoms with Gasteiger partial charge in [-0.2, -0.15) is 5.10 Å². The fourth-order valence-corrected chi connectivity index (χ4v) is 3.54. The van der Waals surface area contributed by atoms with Gasteiger partial charge in [0.05, 0.1) is 32.1 Å². The van der Waals surface area contributed by atoms with E-state index in [1.807, 2.05) is 10.9 Å². The summed E-state index contributed by atoms with van der Waals surface area (Å²) in [5.41, 5.74) is 1.21. The SMILES string of the molecule is Cc1cnn(C[C@H]2CCCN2C[C@@H](O)CN2CCOCC2)c1. The van der Waals surface area contributed by atoms with E-state index >= 15 is 0 Å². The van der Waals surface area contributed by atoms with Crippen LogP contribution < -0.4 is 0 Å². The van der Waals surface area contributed by atoms with Crippen LogP contribution in [-0.4, -0.2) is 82.8 Å². The number of hydrogen-bond donors (Lipinski definition) is 1. The number of aliphatic hydroxyl groups excluding tert-OH is 1. The molecule has 6 heteroatoms. The zero-order valence-electron chi connectivity index (χ0n) is 13.5. The van der Waals surface area contributed by atoms with Crippen molar-refractivity contribution in [1.29, 1.82) is 0 Å². The first-order valence-electron chi connectivity index (χ1n) is 8.42. The van der Waals surface area contributed by atoms with Crippen molar-refractivity contribution in [3.8, 4) is 0 Å². The van der Waals surface area contributed by atoms with Crippen LogP contribution in [0.2, 0.25) is 0 Å². The third kappa shape index (κ3) is 4.29. The van der Waals surface area contributed by atoms with Gasteiger partial charge in [0, 0.05) is 38.4 Å². The molecule has 0 unspecified atom stereocenters. The maximum Gasteiger partial charge on any atom is 0.0793 e. The number of hydrogen-bond acceptors (Lipinski definition) is 5. The highest BCUT2D eigenvalue weighted by Gasteiger charge is 2.27. The van der Waals surface area contributed by atoms with E-state index < -0.39 is 0 Å². The summed E-state index contributed by atoms with van der Waals surface area (Å²) >= 11 is 0. The maximum absolute atomic E-state index is 10.4. The quantitative estimate of drug-likeness (QED) is 0.822. The van der Waals surface area contributed by atoms with Gasteiger partial charge >= 0.3 is 0 Å². The van der Waals surface area contributed by atoms with Crippen LogP contribution in [0.15, 0.2) is 12.4 Å². The van der Waals surface area contributed by atoms with Gasteiger partial charge in [-0.05, 0) is 31.9 Å². The standard InChI is InChI=1S/C16H28N4O2/c1-14-9-17-20(10-14)11-15-3-2-4-19(15)13-16(21)12-18-5-7-22-8-6-18/h9-10,15-16,21H,2-8,11-13H2,1H3/t15-,16+/m1/s1. The van der Waals surface area contributed by atoms with Crippen LogP contribution in [0.25, 0.3) is 0 Å². The summed E-state index contributed by atoms with van der Waals surface area (Å²) in [5.74, 6) is 0. The second-order valence-electron chi connectivity index (χ2n) is 6.60. The lowest BCUT2D eigenvalue weighted by Gasteiger charge is -2.31. The minimum absolute atomic E-state index is 0.280. The molecule has 124 valence electrons. The molecule has 6 nitrogen and oxygen atoms in total. The highest BCUT2D eigenvalue weighted by molar-refractivity contribution is 4.99. The summed E-state index contributed by atoms with van der Waals surface area (Å²) in [6.45, 7) is 9.07. The summed E-state index contributed by atoms with van der Waals surface area (Å²) in [7, 11) is 0. The van der Waals surface area contributed by atoms with E-state index in [1.54, 1.807) is 0 Å². The second kappa shape index (κ2) is 7.55. The maximum atomic E-state index is 10.4. The van der Waals surface area contributed by atoms with Gasteiger partial charge in [0.25, 0.3) is 0 Å². The Balaban J connectivity index is 1.47. The third-order valence-electron chi connectivity index (χ3n) is 4.68. The molecule has 2 aliphatic heterocycles. The minimum Gasteiger partial charge on any atom is -0.390 e. The summed E-state index contributed by atoms with van der Waals surface area (Å²) in [4.78, 5) is 4.73. The Morgan fingerprint density at radius 1 is 1.32 bits per heavy atom. The van der Waals surface area contributed by atoms with Crippen molar-refractivity contribution >= 4 is 0 Å². The molecule has 0 aliphatic carbocycles. The molecule has 1 aromatic heterocycles. The summed E-state index contributed by atoms with van der Waals surface area (Å²) in [6.07, 6.45) is 6.14. The van der Waals surface area contributed by atoms with Gasteiger partial charge in [0.1, 0.15) is 0 Å². The highest BCUT2D eigenvalue weighted by Crippen LogP contribution is 2.19. The first-order chi connectivity index (χ1) is 10.7. The lowest BCUT2D eigenvalue weighted by molar-refractivity contribution is 0.00531. The largest absolute Gasteiger partial charge is 0.390 e. The van der Waals surface area contributed by atoms with Crippen molar-refractivity contribution < 1.29 is 9.84 Å². The monoisotopic (exact) mass is 308 g/mol. The van der Waals surface area contributed by atoms with Gasteiger partial charge in [0.15, 0.2) is 0 Å². The summed E-state index contributed by atoms with van der Waals surface area (Å²) in [6, 6.07) is 0.499. The third-order valence-corrected chi connectivity index (χ3v) is 4.68. The Labute approximate surface area is 132 Å². The number of rotatable bonds is 6. The average molecular weight is 308 g/mol. The lowest BCUT2D eigenvalue weighted by Crippen LogP contribution is -2.46. The summed E-state index contributed by atoms with van der Waals surface area (Å²) < 4.78 is 7.39. The molecule has 2 saturated heterocycles. The Kier molecular flexibility index (Phi) is 5.46. The van der Waals surface area contributed by atoms with Crippen molar-refractivity contribution in [2.75, 3.05) is 45.9 Å². The number of aryl methyl sites for hydroxylation is 1. The van der Waals surface area contributed by atoms with Crippen molar-refractivity contribution in [1.82, 2.24) is 19.6 Å². The van der Waals surface area contributed by atoms with Gasteiger partial charge in [-0.25, -0.2) is 0 Å². The molecule has 0 amide bonds. The molecule has 1 aromatic rings. The number of aliphatic hydroxyl groups is 1. The van der Waals surface area contributed by atoms with Crippen LogP contribution in [0.3, 0.4) is 0 Å². The van der Waals surface area contributed by atoms with Crippen LogP contribution in [0.4, 0.5) is 0 Å². The number of morpholine rings is 1. The Morgan fingerprint density at radius 3 is 2.86 bits per heavy atom. The summed E-state index contributed by atoms with van der Waals surface area (Å²) in [5, 5.41) is 14.8. The van der Waals surface area contributed by atoms with Crippen molar-refractivity contribution in [2.45, 2.75) is 38.5 Å². The predicted octanol–water partition coefficient (Wildman–Crippen LogP) is 0.349. The van der Waals surface area contributed by atoms with Gasteiger partial charge in [-0.15, -0.1) is 0 Å². The zero-order valence-corrected chi connectivity index (χ0v) is 13.5. The number of aromatic nitrogens is 2. The van der Waals surface area contributed by atoms with Gasteiger partial charge in [-0.1, -0.05) is 0 Å². The molecule has 3 heterocycles. The molecule has 2 atom stereocenters. The number of nitrogens with zero attached hydrogens (tertiary/aromatic N) is 4. The Bertz CT molecular complexity index is 459. The minimum atomic E-state index is -0.280. The van der Waals surface area contributed by atoms with E-state index in [0.29, 0.717) is 6.04 Å². The van der Waals surface area contributed by atoms with E-state index in [2.05, 4.69) is 28.0 Å². The van der Waals surface area contributed by atoms with Gasteiger partial charge in [-0.3, -0.25) is 14.5 Å². The topological polar surface area (TPSA) is 53.8 Å². The molecular weight excluding hydrogens is 280 g/mol.